The summed E-state index contributed by atoms with van der Waals surface area (Å²) in [7, 11) is 0. The molecular formula is C23H26F3N5O3. The van der Waals surface area contributed by atoms with Crippen molar-refractivity contribution in [1.29, 1.82) is 0 Å². The Morgan fingerprint density at radius 1 is 1.15 bits per heavy atom. The van der Waals surface area contributed by atoms with Crippen LogP contribution in [0.15, 0.2) is 30.3 Å². The molecule has 1 atom stereocenters. The fourth-order valence-corrected chi connectivity index (χ4v) is 3.40. The topological polar surface area (TPSA) is 102 Å². The summed E-state index contributed by atoms with van der Waals surface area (Å²) in [6.45, 7) is 6.93. The quantitative estimate of drug-likeness (QED) is 0.517. The summed E-state index contributed by atoms with van der Waals surface area (Å²) in [6, 6.07) is 6.23. The lowest BCUT2D eigenvalue weighted by Gasteiger charge is -2.14. The van der Waals surface area contributed by atoms with E-state index in [1.54, 1.807) is 11.6 Å². The van der Waals surface area contributed by atoms with Gasteiger partial charge in [-0.05, 0) is 52.0 Å². The average molecular weight is 477 g/mol. The molecule has 0 saturated heterocycles. The summed E-state index contributed by atoms with van der Waals surface area (Å²) in [5.74, 6) is 0.0598. The Balaban J connectivity index is 1.56. The first kappa shape index (κ1) is 25.2. The number of aliphatic hydroxyl groups excluding tert-OH is 1. The first-order chi connectivity index (χ1) is 15.9. The molecule has 3 aromatic rings. The summed E-state index contributed by atoms with van der Waals surface area (Å²) in [6.07, 6.45) is -5.56. The number of hydrogen-bond donors (Lipinski definition) is 2. The van der Waals surface area contributed by atoms with Gasteiger partial charge in [-0.2, -0.15) is 18.3 Å². The van der Waals surface area contributed by atoms with Gasteiger partial charge in [-0.1, -0.05) is 6.07 Å². The highest BCUT2D eigenvalue weighted by Crippen LogP contribution is 2.31. The van der Waals surface area contributed by atoms with Crippen molar-refractivity contribution in [3.05, 3.63) is 64.2 Å². The van der Waals surface area contributed by atoms with Crippen LogP contribution in [0.25, 0.3) is 5.95 Å². The van der Waals surface area contributed by atoms with Gasteiger partial charge in [0.2, 0.25) is 5.91 Å². The number of aryl methyl sites for hydroxylation is 3. The Kier molecular flexibility index (Phi) is 7.55. The Bertz CT molecular complexity index is 1160. The van der Waals surface area contributed by atoms with E-state index in [1.807, 2.05) is 26.8 Å². The molecule has 1 unspecified atom stereocenters. The zero-order valence-corrected chi connectivity index (χ0v) is 19.3. The minimum absolute atomic E-state index is 0.0209. The minimum atomic E-state index is -4.49. The fourth-order valence-electron chi connectivity index (χ4n) is 3.40. The molecule has 1 amide bonds. The summed E-state index contributed by atoms with van der Waals surface area (Å²) in [5.41, 5.74) is 2.86. The number of ether oxygens (including phenoxy) is 1. The van der Waals surface area contributed by atoms with Crippen molar-refractivity contribution in [3.63, 3.8) is 0 Å². The zero-order valence-electron chi connectivity index (χ0n) is 19.3. The van der Waals surface area contributed by atoms with Crippen LogP contribution < -0.4 is 10.1 Å². The van der Waals surface area contributed by atoms with Crippen molar-refractivity contribution in [1.82, 2.24) is 25.1 Å². The monoisotopic (exact) mass is 477 g/mol. The number of hydrogen-bond acceptors (Lipinski definition) is 6. The number of carbonyl (C=O) groups excluding carboxylic acids is 1. The Morgan fingerprint density at radius 3 is 2.47 bits per heavy atom. The summed E-state index contributed by atoms with van der Waals surface area (Å²) in [5, 5.41) is 17.1. The predicted molar refractivity (Wildman–Crippen MR) is 118 cm³/mol. The SMILES string of the molecule is Cc1cc(C)nc(-n2nc(C)c(CC(=O)NCC(O)COc3cccc(C(F)(F)F)c3)c2C)n1. The molecule has 0 aliphatic carbocycles. The first-order valence-electron chi connectivity index (χ1n) is 10.6. The highest BCUT2D eigenvalue weighted by Gasteiger charge is 2.30. The van der Waals surface area contributed by atoms with Crippen molar-refractivity contribution in [2.45, 2.75) is 46.4 Å². The van der Waals surface area contributed by atoms with E-state index in [0.717, 1.165) is 34.8 Å². The molecule has 8 nitrogen and oxygen atoms in total. The Morgan fingerprint density at radius 2 is 1.82 bits per heavy atom. The standard InChI is InChI=1S/C23H26F3N5O3/c1-13-8-14(2)29-22(28-13)31-16(4)20(15(3)30-31)10-21(33)27-11-18(32)12-34-19-7-5-6-17(9-19)23(24,25)26/h5-9,18,32H,10-12H2,1-4H3,(H,27,33). The van der Waals surface area contributed by atoms with Crippen LogP contribution in [0.3, 0.4) is 0 Å². The van der Waals surface area contributed by atoms with Gasteiger partial charge < -0.3 is 15.2 Å². The number of aliphatic hydroxyl groups is 1. The second-order valence-corrected chi connectivity index (χ2v) is 7.98. The maximum Gasteiger partial charge on any atom is 0.416 e. The van der Waals surface area contributed by atoms with Gasteiger partial charge in [-0.15, -0.1) is 0 Å². The summed E-state index contributed by atoms with van der Waals surface area (Å²) < 4.78 is 45.2. The van der Waals surface area contributed by atoms with Gasteiger partial charge in [0, 0.05) is 29.2 Å². The number of alkyl halides is 3. The highest BCUT2D eigenvalue weighted by atomic mass is 19.4. The second kappa shape index (κ2) is 10.2. The van der Waals surface area contributed by atoms with Crippen molar-refractivity contribution in [2.75, 3.05) is 13.2 Å². The van der Waals surface area contributed by atoms with Crippen LogP contribution >= 0.6 is 0 Å². The van der Waals surface area contributed by atoms with Gasteiger partial charge in [-0.25, -0.2) is 14.6 Å². The molecule has 34 heavy (non-hydrogen) atoms. The number of rotatable bonds is 8. The Hall–Kier alpha value is -3.47. The summed E-state index contributed by atoms with van der Waals surface area (Å²) >= 11 is 0. The molecule has 0 saturated carbocycles. The average Bonchev–Trinajstić information content (AvgIpc) is 3.03. The third kappa shape index (κ3) is 6.31. The second-order valence-electron chi connectivity index (χ2n) is 7.98. The molecule has 0 aliphatic rings. The van der Waals surface area contributed by atoms with Crippen molar-refractivity contribution in [3.8, 4) is 11.7 Å². The maximum atomic E-state index is 12.8. The van der Waals surface area contributed by atoms with E-state index in [9.17, 15) is 23.1 Å². The number of nitrogens with zero attached hydrogens (tertiary/aromatic N) is 4. The smallest absolute Gasteiger partial charge is 0.416 e. The van der Waals surface area contributed by atoms with Gasteiger partial charge in [0.05, 0.1) is 17.7 Å². The molecule has 1 aromatic carbocycles. The number of aromatic nitrogens is 4. The molecule has 11 heteroatoms. The first-order valence-corrected chi connectivity index (χ1v) is 10.6. The van der Waals surface area contributed by atoms with E-state index in [4.69, 9.17) is 4.74 Å². The molecule has 0 fully saturated rings. The van der Waals surface area contributed by atoms with Gasteiger partial charge in [0.15, 0.2) is 0 Å². The fraction of sp³-hybridized carbons (Fsp3) is 0.391. The van der Waals surface area contributed by atoms with Crippen LogP contribution in [0.1, 0.15) is 33.9 Å². The van der Waals surface area contributed by atoms with Crippen LogP contribution in [0.2, 0.25) is 0 Å². The van der Waals surface area contributed by atoms with Crippen molar-refractivity contribution < 1.29 is 27.8 Å². The maximum absolute atomic E-state index is 12.8. The predicted octanol–water partition coefficient (Wildman–Crippen LogP) is 3.01. The highest BCUT2D eigenvalue weighted by molar-refractivity contribution is 5.79. The van der Waals surface area contributed by atoms with E-state index in [0.29, 0.717) is 11.6 Å². The van der Waals surface area contributed by atoms with E-state index < -0.39 is 17.8 Å². The van der Waals surface area contributed by atoms with E-state index in [2.05, 4.69) is 20.4 Å². The molecular weight excluding hydrogens is 451 g/mol. The van der Waals surface area contributed by atoms with Crippen LogP contribution in [-0.2, 0) is 17.4 Å². The molecule has 0 aliphatic heterocycles. The van der Waals surface area contributed by atoms with E-state index in [-0.39, 0.29) is 31.2 Å². The van der Waals surface area contributed by atoms with Gasteiger partial charge in [-0.3, -0.25) is 4.79 Å². The molecule has 2 heterocycles. The molecule has 0 spiro atoms. The number of amides is 1. The lowest BCUT2D eigenvalue weighted by molar-refractivity contribution is -0.137. The van der Waals surface area contributed by atoms with E-state index >= 15 is 0 Å². The zero-order chi connectivity index (χ0) is 25.0. The van der Waals surface area contributed by atoms with Crippen LogP contribution in [-0.4, -0.2) is 50.0 Å². The largest absolute Gasteiger partial charge is 0.491 e. The molecule has 0 bridgehead atoms. The minimum Gasteiger partial charge on any atom is -0.491 e. The summed E-state index contributed by atoms with van der Waals surface area (Å²) in [4.78, 5) is 21.3. The van der Waals surface area contributed by atoms with Crippen LogP contribution in [0, 0.1) is 27.7 Å². The number of carbonyl (C=O) groups is 1. The number of benzene rings is 1. The van der Waals surface area contributed by atoms with Crippen molar-refractivity contribution in [2.24, 2.45) is 0 Å². The van der Waals surface area contributed by atoms with Gasteiger partial charge >= 0.3 is 6.18 Å². The molecule has 2 aromatic heterocycles. The third-order valence-corrected chi connectivity index (χ3v) is 5.08. The van der Waals surface area contributed by atoms with Gasteiger partial charge in [0.25, 0.3) is 5.95 Å². The van der Waals surface area contributed by atoms with Crippen LogP contribution in [0.4, 0.5) is 13.2 Å². The number of halogens is 3. The molecule has 0 radical (unpaired) electrons. The normalized spacial score (nSPS) is 12.5. The van der Waals surface area contributed by atoms with Crippen LogP contribution in [0.5, 0.6) is 5.75 Å². The molecule has 2 N–H and O–H groups in total. The van der Waals surface area contributed by atoms with Crippen molar-refractivity contribution >= 4 is 5.91 Å². The lowest BCUT2D eigenvalue weighted by atomic mass is 10.1. The molecule has 182 valence electrons. The van der Waals surface area contributed by atoms with Gasteiger partial charge in [0.1, 0.15) is 18.5 Å². The molecule has 3 rings (SSSR count). The third-order valence-electron chi connectivity index (χ3n) is 5.08. The Labute approximate surface area is 194 Å². The number of nitrogens with one attached hydrogen (secondary N) is 1. The lowest BCUT2D eigenvalue weighted by Crippen LogP contribution is -2.36. The van der Waals surface area contributed by atoms with E-state index in [1.165, 1.54) is 12.1 Å².